The smallest absolute Gasteiger partial charge is 0.185 e. The van der Waals surface area contributed by atoms with Crippen LogP contribution in [0.3, 0.4) is 0 Å². The molecule has 0 radical (unpaired) electrons. The molecule has 1 heterocycles. The molecule has 1 aliphatic heterocycles. The van der Waals surface area contributed by atoms with E-state index in [1.165, 1.54) is 7.11 Å². The van der Waals surface area contributed by atoms with E-state index in [4.69, 9.17) is 21.1 Å². The summed E-state index contributed by atoms with van der Waals surface area (Å²) in [5.41, 5.74) is 0.647. The molecule has 0 amide bonds. The van der Waals surface area contributed by atoms with Gasteiger partial charge in [-0.25, -0.2) is 0 Å². The van der Waals surface area contributed by atoms with Gasteiger partial charge in [0.1, 0.15) is 18.3 Å². The van der Waals surface area contributed by atoms with Crippen molar-refractivity contribution in [2.45, 2.75) is 30.6 Å². The zero-order valence-corrected chi connectivity index (χ0v) is 11.7. The molecular weight excluding hydrogens is 286 g/mol. The topological polar surface area (TPSA) is 91.2 Å². The van der Waals surface area contributed by atoms with Crippen LogP contribution in [0.2, 0.25) is 5.02 Å². The van der Waals surface area contributed by atoms with Gasteiger partial charge < -0.3 is 30.1 Å². The average molecular weight is 304 g/mol. The maximum atomic E-state index is 10.2. The van der Waals surface area contributed by atoms with Crippen molar-refractivity contribution in [3.63, 3.8) is 0 Å². The molecule has 0 saturated carbocycles. The van der Waals surface area contributed by atoms with Crippen molar-refractivity contribution in [3.05, 3.63) is 29.3 Å². The predicted molar refractivity (Wildman–Crippen MR) is 73.6 cm³/mol. The van der Waals surface area contributed by atoms with Gasteiger partial charge in [-0.05, 0) is 18.2 Å². The van der Waals surface area contributed by atoms with Crippen LogP contribution >= 0.6 is 11.6 Å². The van der Waals surface area contributed by atoms with Gasteiger partial charge in [-0.15, -0.1) is 0 Å². The van der Waals surface area contributed by atoms with E-state index >= 15 is 0 Å². The lowest BCUT2D eigenvalue weighted by Crippen LogP contribution is -2.61. The number of benzene rings is 1. The highest BCUT2D eigenvalue weighted by atomic mass is 35.5. The fraction of sp³-hybridized carbons (Fsp3) is 0.538. The van der Waals surface area contributed by atoms with Crippen LogP contribution in [0.4, 0.5) is 5.69 Å². The molecule has 0 unspecified atom stereocenters. The van der Waals surface area contributed by atoms with E-state index in [0.717, 1.165) is 0 Å². The van der Waals surface area contributed by atoms with Crippen LogP contribution in [0, 0.1) is 0 Å². The number of methoxy groups -OCH3 is 1. The Morgan fingerprint density at radius 3 is 2.70 bits per heavy atom. The van der Waals surface area contributed by atoms with Gasteiger partial charge >= 0.3 is 0 Å². The number of anilines is 1. The quantitative estimate of drug-likeness (QED) is 0.635. The van der Waals surface area contributed by atoms with Crippen LogP contribution in [0.5, 0.6) is 0 Å². The summed E-state index contributed by atoms with van der Waals surface area (Å²) in [5, 5.41) is 33.1. The monoisotopic (exact) mass is 303 g/mol. The Kier molecular flexibility index (Phi) is 5.20. The number of aliphatic hydroxyl groups is 3. The van der Waals surface area contributed by atoms with E-state index in [2.05, 4.69) is 5.32 Å². The zero-order chi connectivity index (χ0) is 14.7. The summed E-state index contributed by atoms with van der Waals surface area (Å²) in [6, 6.07) is 6.16. The molecule has 0 aliphatic carbocycles. The van der Waals surface area contributed by atoms with Crippen LogP contribution in [0.1, 0.15) is 0 Å². The number of halogens is 1. The van der Waals surface area contributed by atoms with Crippen molar-refractivity contribution in [1.29, 1.82) is 0 Å². The molecule has 1 fully saturated rings. The SMILES string of the molecule is CO[C@@H]1O[C@H](CO)[C@H](O)[C@@H](Nc2cccc(Cl)c2)[C@H]1O. The van der Waals surface area contributed by atoms with Gasteiger partial charge in [0.25, 0.3) is 0 Å². The Morgan fingerprint density at radius 2 is 2.10 bits per heavy atom. The van der Waals surface area contributed by atoms with Crippen molar-refractivity contribution in [3.8, 4) is 0 Å². The lowest BCUT2D eigenvalue weighted by molar-refractivity contribution is -0.265. The number of rotatable bonds is 4. The van der Waals surface area contributed by atoms with E-state index in [1.54, 1.807) is 24.3 Å². The minimum atomic E-state index is -1.09. The van der Waals surface area contributed by atoms with E-state index in [1.807, 2.05) is 0 Å². The van der Waals surface area contributed by atoms with E-state index < -0.39 is 30.6 Å². The zero-order valence-electron chi connectivity index (χ0n) is 10.9. The first-order valence-electron chi connectivity index (χ1n) is 6.24. The lowest BCUT2D eigenvalue weighted by atomic mass is 9.96. The van der Waals surface area contributed by atoms with Crippen LogP contribution < -0.4 is 5.32 Å². The van der Waals surface area contributed by atoms with Crippen LogP contribution in [-0.2, 0) is 9.47 Å². The van der Waals surface area contributed by atoms with Gasteiger partial charge in [0, 0.05) is 17.8 Å². The molecule has 5 atom stereocenters. The molecule has 0 spiro atoms. The summed E-state index contributed by atoms with van der Waals surface area (Å²) in [5.74, 6) is 0. The van der Waals surface area contributed by atoms with Crippen LogP contribution in [-0.4, -0.2) is 59.7 Å². The van der Waals surface area contributed by atoms with Crippen molar-refractivity contribution < 1.29 is 24.8 Å². The third-order valence-electron chi connectivity index (χ3n) is 3.27. The van der Waals surface area contributed by atoms with Gasteiger partial charge in [-0.3, -0.25) is 0 Å². The standard InChI is InChI=1S/C13H18ClNO5/c1-19-13-12(18)10(11(17)9(6-16)20-13)15-8-4-2-3-7(14)5-8/h2-5,9-13,15-18H,6H2,1H3/t9-,10-,11+,12-,13-/m1/s1. The molecule has 0 aromatic heterocycles. The molecular formula is C13H18ClNO5. The van der Waals surface area contributed by atoms with Gasteiger partial charge in [-0.2, -0.15) is 0 Å². The minimum Gasteiger partial charge on any atom is -0.394 e. The van der Waals surface area contributed by atoms with Crippen LogP contribution in [0.15, 0.2) is 24.3 Å². The minimum absolute atomic E-state index is 0.374. The Bertz CT molecular complexity index is 431. The predicted octanol–water partition coefficient (Wildman–Crippen LogP) is 0.206. The number of hydrogen-bond donors (Lipinski definition) is 4. The van der Waals surface area contributed by atoms with E-state index in [9.17, 15) is 15.3 Å². The van der Waals surface area contributed by atoms with Gasteiger partial charge in [0.2, 0.25) is 0 Å². The maximum absolute atomic E-state index is 10.2. The number of ether oxygens (including phenoxy) is 2. The molecule has 7 heteroatoms. The van der Waals surface area contributed by atoms with Crippen molar-refractivity contribution in [1.82, 2.24) is 0 Å². The van der Waals surface area contributed by atoms with Crippen molar-refractivity contribution in [2.75, 3.05) is 19.0 Å². The fourth-order valence-corrected chi connectivity index (χ4v) is 2.41. The molecule has 1 aromatic carbocycles. The summed E-state index contributed by atoms with van der Waals surface area (Å²) in [6.07, 6.45) is -3.93. The Hall–Kier alpha value is -0.890. The first-order valence-corrected chi connectivity index (χ1v) is 6.62. The molecule has 1 saturated heterocycles. The van der Waals surface area contributed by atoms with E-state index in [-0.39, 0.29) is 6.61 Å². The normalized spacial score (nSPS) is 34.0. The number of aliphatic hydroxyl groups excluding tert-OH is 3. The highest BCUT2D eigenvalue weighted by molar-refractivity contribution is 6.30. The molecule has 20 heavy (non-hydrogen) atoms. The number of nitrogens with one attached hydrogen (secondary N) is 1. The summed E-state index contributed by atoms with van der Waals surface area (Å²) >= 11 is 5.89. The largest absolute Gasteiger partial charge is 0.394 e. The second-order valence-electron chi connectivity index (χ2n) is 4.62. The van der Waals surface area contributed by atoms with Gasteiger partial charge in [0.15, 0.2) is 6.29 Å². The second kappa shape index (κ2) is 6.71. The van der Waals surface area contributed by atoms with Crippen LogP contribution in [0.25, 0.3) is 0 Å². The molecule has 1 aromatic rings. The average Bonchev–Trinajstić information content (AvgIpc) is 2.44. The molecule has 6 nitrogen and oxygen atoms in total. The summed E-state index contributed by atoms with van der Waals surface area (Å²) in [4.78, 5) is 0. The Labute approximate surface area is 121 Å². The van der Waals surface area contributed by atoms with Gasteiger partial charge in [-0.1, -0.05) is 17.7 Å². The summed E-state index contributed by atoms with van der Waals surface area (Å²) < 4.78 is 10.3. The van der Waals surface area contributed by atoms with Crippen molar-refractivity contribution in [2.24, 2.45) is 0 Å². The Morgan fingerprint density at radius 1 is 1.35 bits per heavy atom. The van der Waals surface area contributed by atoms with Crippen molar-refractivity contribution >= 4 is 17.3 Å². The highest BCUT2D eigenvalue weighted by Gasteiger charge is 2.44. The summed E-state index contributed by atoms with van der Waals surface area (Å²) in [6.45, 7) is -0.374. The van der Waals surface area contributed by atoms with E-state index in [0.29, 0.717) is 10.7 Å². The first kappa shape index (κ1) is 15.5. The fourth-order valence-electron chi connectivity index (χ4n) is 2.22. The molecule has 4 N–H and O–H groups in total. The molecule has 2 rings (SSSR count). The third-order valence-corrected chi connectivity index (χ3v) is 3.51. The summed E-state index contributed by atoms with van der Waals surface area (Å²) in [7, 11) is 1.39. The molecule has 112 valence electrons. The number of hydrogen-bond acceptors (Lipinski definition) is 6. The highest BCUT2D eigenvalue weighted by Crippen LogP contribution is 2.25. The lowest BCUT2D eigenvalue weighted by Gasteiger charge is -2.42. The first-order chi connectivity index (χ1) is 9.56. The molecule has 1 aliphatic rings. The molecule has 0 bridgehead atoms. The Balaban J connectivity index is 2.17. The third kappa shape index (κ3) is 3.22. The second-order valence-corrected chi connectivity index (χ2v) is 5.06. The van der Waals surface area contributed by atoms with Gasteiger partial charge in [0.05, 0.1) is 12.6 Å². The maximum Gasteiger partial charge on any atom is 0.185 e.